The number of ether oxygens (including phenoxy) is 2. The molecule has 4 fully saturated rings. The number of phenolic OH excluding ortho intramolecular Hbond substituents is 1. The molecule has 6 atom stereocenters. The second kappa shape index (κ2) is 6.96. The highest BCUT2D eigenvalue weighted by Gasteiger charge is 2.71. The predicted molar refractivity (Wildman–Crippen MR) is 115 cm³/mol. The lowest BCUT2D eigenvalue weighted by atomic mass is 9.59. The number of carboxylic acids is 1. The van der Waals surface area contributed by atoms with Crippen LogP contribution < -0.4 is 5.32 Å². The predicted octanol–water partition coefficient (Wildman–Crippen LogP) is 2.96. The van der Waals surface area contributed by atoms with Crippen molar-refractivity contribution in [2.45, 2.75) is 63.3 Å². The van der Waals surface area contributed by atoms with Crippen LogP contribution in [0.1, 0.15) is 56.3 Å². The molecule has 6 rings (SSSR count). The Morgan fingerprint density at radius 1 is 1.24 bits per heavy atom. The summed E-state index contributed by atoms with van der Waals surface area (Å²) < 4.78 is 12.3. The highest BCUT2D eigenvalue weighted by atomic mass is 16.6. The first kappa shape index (κ1) is 21.8. The summed E-state index contributed by atoms with van der Waals surface area (Å²) in [4.78, 5) is 36.5. The van der Waals surface area contributed by atoms with Crippen molar-refractivity contribution in [3.63, 3.8) is 0 Å². The molecule has 2 aliphatic carbocycles. The van der Waals surface area contributed by atoms with Gasteiger partial charge in [-0.1, -0.05) is 6.08 Å². The summed E-state index contributed by atoms with van der Waals surface area (Å²) in [5.74, 6) is -3.22. The number of rotatable bonds is 5. The van der Waals surface area contributed by atoms with Crippen molar-refractivity contribution in [3.8, 4) is 11.5 Å². The number of carbonyl (C=O) groups excluding carboxylic acids is 2. The average Bonchev–Trinajstić information content (AvgIpc) is 3.04. The topological polar surface area (TPSA) is 142 Å². The molecule has 9 heteroatoms. The molecular formula is C24H27NO8. The van der Waals surface area contributed by atoms with E-state index in [1.165, 1.54) is 6.08 Å². The molecule has 1 unspecified atom stereocenters. The maximum Gasteiger partial charge on any atom is 0.339 e. The summed E-state index contributed by atoms with van der Waals surface area (Å²) in [6.07, 6.45) is 6.20. The van der Waals surface area contributed by atoms with Crippen molar-refractivity contribution in [2.75, 3.05) is 5.32 Å². The van der Waals surface area contributed by atoms with Crippen LogP contribution in [0.25, 0.3) is 0 Å². The second-order valence-corrected chi connectivity index (χ2v) is 10.3. The fourth-order valence-electron chi connectivity index (χ4n) is 6.94. The summed E-state index contributed by atoms with van der Waals surface area (Å²) in [6.45, 7) is 3.98. The number of hydrogen-bond acceptors (Lipinski definition) is 7. The summed E-state index contributed by atoms with van der Waals surface area (Å²) in [6, 6.07) is 2.14. The first-order chi connectivity index (χ1) is 15.5. The Hall–Kier alpha value is -3.07. The zero-order valence-electron chi connectivity index (χ0n) is 18.5. The van der Waals surface area contributed by atoms with Crippen LogP contribution in [0.5, 0.6) is 11.5 Å². The highest BCUT2D eigenvalue weighted by molar-refractivity contribution is 5.99. The van der Waals surface area contributed by atoms with E-state index >= 15 is 0 Å². The summed E-state index contributed by atoms with van der Waals surface area (Å²) in [5.41, 5.74) is -2.17. The van der Waals surface area contributed by atoms with Crippen molar-refractivity contribution < 1.29 is 39.2 Å². The number of amides is 1. The number of aromatic carboxylic acids is 1. The zero-order valence-corrected chi connectivity index (χ0v) is 18.5. The van der Waals surface area contributed by atoms with Crippen LogP contribution in [0, 0.1) is 17.3 Å². The third-order valence-electron chi connectivity index (χ3n) is 8.14. The van der Waals surface area contributed by atoms with Crippen LogP contribution in [0.3, 0.4) is 0 Å². The van der Waals surface area contributed by atoms with Crippen LogP contribution in [0.4, 0.5) is 5.69 Å². The molecule has 33 heavy (non-hydrogen) atoms. The molecule has 1 spiro atoms. The number of allylic oxidation sites excluding steroid dienone is 1. The number of benzene rings is 1. The van der Waals surface area contributed by atoms with Gasteiger partial charge in [0.2, 0.25) is 5.91 Å². The summed E-state index contributed by atoms with van der Waals surface area (Å²) in [7, 11) is 0. The van der Waals surface area contributed by atoms with E-state index in [1.54, 1.807) is 0 Å². The minimum atomic E-state index is -1.39. The number of phenols is 2. The van der Waals surface area contributed by atoms with Gasteiger partial charge < -0.3 is 30.1 Å². The van der Waals surface area contributed by atoms with Crippen molar-refractivity contribution in [1.29, 1.82) is 0 Å². The third-order valence-corrected chi connectivity index (χ3v) is 8.14. The van der Waals surface area contributed by atoms with Gasteiger partial charge >= 0.3 is 11.9 Å². The molecule has 1 aromatic carbocycles. The minimum Gasteiger partial charge on any atom is -0.506 e. The third kappa shape index (κ3) is 3.20. The maximum atomic E-state index is 12.7. The number of cyclic esters (lactones) is 1. The lowest BCUT2D eigenvalue weighted by Crippen LogP contribution is -2.56. The molecule has 2 saturated heterocycles. The standard InChI is InChI=1S/C24H27NO8/c1-22(7-5-16(27)25-18-14(26)4-3-13(19(18)29)21(30)31)20-15-9-12-10-24(20,8-6-17(28)33-22)11-23(12,2)32-15/h3-4,6,8,12,15,20,26,29H,5,7,9-11H2,1-2H3,(H,25,27)(H,30,31)/t12-,15+,20+,22?,23+,24+/m1/s1. The number of hydrogen-bond donors (Lipinski definition) is 4. The van der Waals surface area contributed by atoms with Gasteiger partial charge in [0, 0.05) is 23.8 Å². The van der Waals surface area contributed by atoms with Gasteiger partial charge in [0.1, 0.15) is 22.6 Å². The monoisotopic (exact) mass is 457 g/mol. The minimum absolute atomic E-state index is 0.0635. The molecule has 2 saturated carbocycles. The van der Waals surface area contributed by atoms with Gasteiger partial charge in [-0.2, -0.15) is 0 Å². The van der Waals surface area contributed by atoms with Crippen molar-refractivity contribution >= 4 is 23.5 Å². The Kier molecular flexibility index (Phi) is 4.59. The Labute approximate surface area is 190 Å². The average molecular weight is 457 g/mol. The van der Waals surface area contributed by atoms with Gasteiger partial charge in [-0.25, -0.2) is 9.59 Å². The molecule has 0 aromatic heterocycles. The molecule has 1 amide bonds. The number of carbonyl (C=O) groups is 3. The molecule has 3 aliphatic heterocycles. The van der Waals surface area contributed by atoms with E-state index in [9.17, 15) is 24.6 Å². The summed E-state index contributed by atoms with van der Waals surface area (Å²) >= 11 is 0. The van der Waals surface area contributed by atoms with Gasteiger partial charge in [0.25, 0.3) is 0 Å². The lowest BCUT2D eigenvalue weighted by molar-refractivity contribution is -0.197. The Bertz CT molecular complexity index is 1100. The Morgan fingerprint density at radius 3 is 2.70 bits per heavy atom. The van der Waals surface area contributed by atoms with E-state index in [2.05, 4.69) is 12.2 Å². The van der Waals surface area contributed by atoms with E-state index in [0.717, 1.165) is 31.4 Å². The molecular weight excluding hydrogens is 430 g/mol. The van der Waals surface area contributed by atoms with Gasteiger partial charge in [0.15, 0.2) is 5.75 Å². The smallest absolute Gasteiger partial charge is 0.339 e. The second-order valence-electron chi connectivity index (χ2n) is 10.3. The molecule has 3 heterocycles. The van der Waals surface area contributed by atoms with E-state index in [0.29, 0.717) is 5.92 Å². The number of carboxylic acid groups (broad SMARTS) is 1. The molecule has 5 aliphatic rings. The molecule has 0 radical (unpaired) electrons. The van der Waals surface area contributed by atoms with Crippen molar-refractivity contribution in [3.05, 3.63) is 29.8 Å². The number of esters is 1. The number of nitrogens with one attached hydrogen (secondary N) is 1. The van der Waals surface area contributed by atoms with Crippen molar-refractivity contribution in [1.82, 2.24) is 0 Å². The lowest BCUT2D eigenvalue weighted by Gasteiger charge is -2.52. The van der Waals surface area contributed by atoms with Gasteiger partial charge in [0.05, 0.1) is 11.7 Å². The summed E-state index contributed by atoms with van der Waals surface area (Å²) in [5, 5.41) is 31.7. The normalized spacial score (nSPS) is 38.0. The van der Waals surface area contributed by atoms with E-state index in [4.69, 9.17) is 14.6 Å². The number of anilines is 1. The van der Waals surface area contributed by atoms with Crippen LogP contribution in [-0.2, 0) is 19.1 Å². The van der Waals surface area contributed by atoms with Gasteiger partial charge in [-0.3, -0.25) is 4.79 Å². The quantitative estimate of drug-likeness (QED) is 0.390. The molecule has 4 bridgehead atoms. The largest absolute Gasteiger partial charge is 0.506 e. The number of aromatic hydroxyl groups is 2. The molecule has 1 aromatic rings. The molecule has 9 nitrogen and oxygen atoms in total. The first-order valence-electron chi connectivity index (χ1n) is 11.1. The van der Waals surface area contributed by atoms with E-state index in [-0.39, 0.29) is 41.6 Å². The molecule has 176 valence electrons. The fourth-order valence-corrected chi connectivity index (χ4v) is 6.94. The van der Waals surface area contributed by atoms with Crippen LogP contribution in [-0.4, -0.2) is 50.5 Å². The Morgan fingerprint density at radius 2 is 2.00 bits per heavy atom. The molecule has 4 N–H and O–H groups in total. The van der Waals surface area contributed by atoms with Gasteiger partial charge in [-0.15, -0.1) is 0 Å². The zero-order chi connectivity index (χ0) is 23.8. The van der Waals surface area contributed by atoms with Crippen molar-refractivity contribution in [2.24, 2.45) is 17.3 Å². The Balaban J connectivity index is 1.36. The highest BCUT2D eigenvalue weighted by Crippen LogP contribution is 2.69. The SMILES string of the molecule is CC1(CCC(=O)Nc2c(O)ccc(C(=O)O)c2O)OC(=O)C=C[C@]23C[C@H]4C[C@H](O[C@@]4(C)C2)[C@@H]13. The van der Waals surface area contributed by atoms with E-state index < -0.39 is 40.5 Å². The van der Waals surface area contributed by atoms with Crippen LogP contribution in [0.2, 0.25) is 0 Å². The fraction of sp³-hybridized carbons (Fsp3) is 0.542. The van der Waals surface area contributed by atoms with E-state index in [1.807, 2.05) is 13.0 Å². The van der Waals surface area contributed by atoms with Crippen LogP contribution >= 0.6 is 0 Å². The van der Waals surface area contributed by atoms with Gasteiger partial charge in [-0.05, 0) is 57.6 Å². The van der Waals surface area contributed by atoms with Crippen LogP contribution in [0.15, 0.2) is 24.3 Å². The maximum absolute atomic E-state index is 12.7. The first-order valence-corrected chi connectivity index (χ1v) is 11.1.